The topological polar surface area (TPSA) is 58.6 Å². The average Bonchev–Trinajstić information content (AvgIpc) is 2.75. The fraction of sp³-hybridized carbons (Fsp3) is 0.462. The molecule has 2 atom stereocenters. The first-order valence-corrected chi connectivity index (χ1v) is 11.2. The number of carbonyl (C=O) groups excluding carboxylic acids is 2. The molecule has 0 fully saturated rings. The summed E-state index contributed by atoms with van der Waals surface area (Å²) >= 11 is 0. The van der Waals surface area contributed by atoms with Crippen LogP contribution in [0.4, 0.5) is 0 Å². The van der Waals surface area contributed by atoms with E-state index >= 15 is 0 Å². The van der Waals surface area contributed by atoms with Crippen molar-refractivity contribution in [2.75, 3.05) is 13.1 Å². The van der Waals surface area contributed by atoms with Crippen LogP contribution in [0, 0.1) is 5.41 Å². The van der Waals surface area contributed by atoms with Crippen LogP contribution in [0.1, 0.15) is 63.8 Å². The van der Waals surface area contributed by atoms with Gasteiger partial charge in [-0.05, 0) is 48.6 Å². The highest BCUT2D eigenvalue weighted by atomic mass is 16.5. The lowest BCUT2D eigenvalue weighted by atomic mass is 9.85. The number of nitrogens with zero attached hydrogens (tertiary/aromatic N) is 1. The van der Waals surface area contributed by atoms with Crippen molar-refractivity contribution in [3.63, 3.8) is 0 Å². The fourth-order valence-corrected chi connectivity index (χ4v) is 3.96. The molecule has 0 aliphatic carbocycles. The molecule has 1 N–H and O–H groups in total. The molecular formula is C26H34N2O3. The number of rotatable bonds is 6. The summed E-state index contributed by atoms with van der Waals surface area (Å²) in [6.07, 6.45) is 1.09. The third-order valence-electron chi connectivity index (χ3n) is 5.59. The zero-order valence-electron chi connectivity index (χ0n) is 19.3. The lowest BCUT2D eigenvalue weighted by Gasteiger charge is -2.41. The Bertz CT molecular complexity index is 918. The molecule has 3 rings (SSSR count). The molecule has 2 unspecified atom stereocenters. The van der Waals surface area contributed by atoms with Crippen LogP contribution in [0.15, 0.2) is 48.5 Å². The molecular weight excluding hydrogens is 388 g/mol. The lowest BCUT2D eigenvalue weighted by Crippen LogP contribution is -2.45. The highest BCUT2D eigenvalue weighted by Gasteiger charge is 2.37. The minimum Gasteiger partial charge on any atom is -0.481 e. The van der Waals surface area contributed by atoms with E-state index in [9.17, 15) is 9.59 Å². The van der Waals surface area contributed by atoms with Gasteiger partial charge in [-0.15, -0.1) is 0 Å². The van der Waals surface area contributed by atoms with Crippen molar-refractivity contribution >= 4 is 11.8 Å². The number of fused-ring (bicyclic) bond motifs is 1. The van der Waals surface area contributed by atoms with Gasteiger partial charge >= 0.3 is 0 Å². The Balaban J connectivity index is 1.96. The maximum absolute atomic E-state index is 13.3. The summed E-state index contributed by atoms with van der Waals surface area (Å²) in [7, 11) is 0. The summed E-state index contributed by atoms with van der Waals surface area (Å²) in [5.74, 6) is 0.651. The molecule has 0 spiro atoms. The van der Waals surface area contributed by atoms with Gasteiger partial charge in [0.2, 0.25) is 5.91 Å². The number of amides is 2. The van der Waals surface area contributed by atoms with Gasteiger partial charge in [0.25, 0.3) is 5.91 Å². The summed E-state index contributed by atoms with van der Waals surface area (Å²) in [6, 6.07) is 15.9. The summed E-state index contributed by atoms with van der Waals surface area (Å²) in [6.45, 7) is 11.0. The number of hydrogen-bond acceptors (Lipinski definition) is 3. The van der Waals surface area contributed by atoms with E-state index in [2.05, 4.69) is 23.5 Å². The largest absolute Gasteiger partial charge is 0.481 e. The van der Waals surface area contributed by atoms with E-state index in [1.807, 2.05) is 62.9 Å². The van der Waals surface area contributed by atoms with E-state index in [1.165, 1.54) is 5.56 Å². The summed E-state index contributed by atoms with van der Waals surface area (Å²) in [4.78, 5) is 27.5. The van der Waals surface area contributed by atoms with Gasteiger partial charge in [0, 0.05) is 18.5 Å². The van der Waals surface area contributed by atoms with E-state index < -0.39 is 11.5 Å². The first kappa shape index (κ1) is 22.9. The maximum Gasteiger partial charge on any atom is 0.260 e. The van der Waals surface area contributed by atoms with Gasteiger partial charge in [-0.25, -0.2) is 0 Å². The number of nitrogens with one attached hydrogen (secondary N) is 1. The van der Waals surface area contributed by atoms with E-state index in [4.69, 9.17) is 4.74 Å². The predicted octanol–water partition coefficient (Wildman–Crippen LogP) is 4.50. The van der Waals surface area contributed by atoms with Crippen molar-refractivity contribution in [3.05, 3.63) is 65.2 Å². The van der Waals surface area contributed by atoms with E-state index in [1.54, 1.807) is 6.92 Å². The normalized spacial score (nSPS) is 16.9. The fourth-order valence-electron chi connectivity index (χ4n) is 3.96. The Kier molecular flexibility index (Phi) is 7.04. The van der Waals surface area contributed by atoms with E-state index in [-0.39, 0.29) is 17.9 Å². The first-order chi connectivity index (χ1) is 14.7. The molecule has 2 amide bonds. The van der Waals surface area contributed by atoms with Gasteiger partial charge in [0.05, 0.1) is 6.04 Å². The van der Waals surface area contributed by atoms with Crippen molar-refractivity contribution in [1.82, 2.24) is 10.2 Å². The Morgan fingerprint density at radius 2 is 1.87 bits per heavy atom. The minimum atomic E-state index is -0.587. The molecule has 1 aliphatic rings. The van der Waals surface area contributed by atoms with E-state index in [0.29, 0.717) is 18.8 Å². The molecule has 5 nitrogen and oxygen atoms in total. The minimum absolute atomic E-state index is 0.122. The predicted molar refractivity (Wildman–Crippen MR) is 123 cm³/mol. The first-order valence-electron chi connectivity index (χ1n) is 11.2. The van der Waals surface area contributed by atoms with Gasteiger partial charge in [0.15, 0.2) is 6.10 Å². The molecule has 0 radical (unpaired) electrons. The number of benzene rings is 2. The van der Waals surface area contributed by atoms with Crippen LogP contribution in [-0.4, -0.2) is 35.9 Å². The molecule has 1 heterocycles. The standard InChI is InChI=1S/C26H34N2O3/c1-6-15-27-24(29)18(2)31-21-13-12-19-14-16-28(25(30)26(3,4)5)23(22(19)17-21)20-10-8-7-9-11-20/h7-13,17-18,23H,6,14-16H2,1-5H3,(H,27,29). The quantitative estimate of drug-likeness (QED) is 0.746. The highest BCUT2D eigenvalue weighted by Crippen LogP contribution is 2.39. The molecule has 5 heteroatoms. The molecule has 166 valence electrons. The van der Waals surface area contributed by atoms with Crippen LogP contribution < -0.4 is 10.1 Å². The van der Waals surface area contributed by atoms with Gasteiger partial charge < -0.3 is 15.0 Å². The molecule has 0 saturated heterocycles. The maximum atomic E-state index is 13.3. The molecule has 0 bridgehead atoms. The van der Waals surface area contributed by atoms with Crippen LogP contribution in [0.3, 0.4) is 0 Å². The Hall–Kier alpha value is -2.82. The Morgan fingerprint density at radius 3 is 2.52 bits per heavy atom. The zero-order chi connectivity index (χ0) is 22.6. The molecule has 2 aromatic rings. The second kappa shape index (κ2) is 9.54. The molecule has 0 aromatic heterocycles. The molecule has 0 saturated carbocycles. The van der Waals surface area contributed by atoms with Gasteiger partial charge in [-0.3, -0.25) is 9.59 Å². The van der Waals surface area contributed by atoms with Crippen LogP contribution >= 0.6 is 0 Å². The molecule has 1 aliphatic heterocycles. The third-order valence-corrected chi connectivity index (χ3v) is 5.59. The second-order valence-electron chi connectivity index (χ2n) is 9.22. The van der Waals surface area contributed by atoms with Crippen LogP contribution in [0.5, 0.6) is 5.75 Å². The number of carbonyl (C=O) groups is 2. The summed E-state index contributed by atoms with van der Waals surface area (Å²) in [5, 5.41) is 2.87. The smallest absolute Gasteiger partial charge is 0.260 e. The van der Waals surface area contributed by atoms with Crippen LogP contribution in [0.25, 0.3) is 0 Å². The van der Waals surface area contributed by atoms with Gasteiger partial charge in [-0.2, -0.15) is 0 Å². The highest BCUT2D eigenvalue weighted by molar-refractivity contribution is 5.83. The SMILES string of the molecule is CCCNC(=O)C(C)Oc1ccc2c(c1)C(c1ccccc1)N(C(=O)C(C)(C)C)CC2. The van der Waals surface area contributed by atoms with Crippen molar-refractivity contribution in [3.8, 4) is 5.75 Å². The number of ether oxygens (including phenoxy) is 1. The van der Waals surface area contributed by atoms with Crippen molar-refractivity contribution in [2.45, 2.75) is 59.6 Å². The van der Waals surface area contributed by atoms with E-state index in [0.717, 1.165) is 24.0 Å². The van der Waals surface area contributed by atoms with Crippen LogP contribution in [0.2, 0.25) is 0 Å². The molecule has 31 heavy (non-hydrogen) atoms. The lowest BCUT2D eigenvalue weighted by molar-refractivity contribution is -0.141. The average molecular weight is 423 g/mol. The zero-order valence-corrected chi connectivity index (χ0v) is 19.3. The van der Waals surface area contributed by atoms with Gasteiger partial charge in [-0.1, -0.05) is 64.1 Å². The van der Waals surface area contributed by atoms with Crippen molar-refractivity contribution in [1.29, 1.82) is 0 Å². The Morgan fingerprint density at radius 1 is 1.16 bits per heavy atom. The molecule has 2 aromatic carbocycles. The van der Waals surface area contributed by atoms with Gasteiger partial charge in [0.1, 0.15) is 5.75 Å². The third kappa shape index (κ3) is 5.27. The summed E-state index contributed by atoms with van der Waals surface area (Å²) < 4.78 is 5.97. The Labute approximate surface area is 185 Å². The number of hydrogen-bond donors (Lipinski definition) is 1. The van der Waals surface area contributed by atoms with Crippen LogP contribution in [-0.2, 0) is 16.0 Å². The second-order valence-corrected chi connectivity index (χ2v) is 9.22. The summed E-state index contributed by atoms with van der Waals surface area (Å²) in [5.41, 5.74) is 2.88. The van der Waals surface area contributed by atoms with Crippen molar-refractivity contribution < 1.29 is 14.3 Å². The van der Waals surface area contributed by atoms with Crippen molar-refractivity contribution in [2.24, 2.45) is 5.41 Å². The monoisotopic (exact) mass is 422 g/mol.